The molecule has 1 unspecified atom stereocenters. The summed E-state index contributed by atoms with van der Waals surface area (Å²) in [5, 5.41) is 3.16. The monoisotopic (exact) mass is 270 g/mol. The number of hydrogen-bond donors (Lipinski definition) is 1. The maximum absolute atomic E-state index is 5.57. The van der Waals surface area contributed by atoms with Crippen LogP contribution in [0.5, 0.6) is 0 Å². The van der Waals surface area contributed by atoms with Crippen molar-refractivity contribution >= 4 is 5.69 Å². The molecule has 1 N–H and O–H groups in total. The highest BCUT2D eigenvalue weighted by Crippen LogP contribution is 2.31. The second-order valence-electron chi connectivity index (χ2n) is 5.72. The van der Waals surface area contributed by atoms with Crippen molar-refractivity contribution in [3.8, 4) is 0 Å². The van der Waals surface area contributed by atoms with Gasteiger partial charge in [-0.2, -0.15) is 0 Å². The second-order valence-corrected chi connectivity index (χ2v) is 5.72. The van der Waals surface area contributed by atoms with Crippen LogP contribution in [0.1, 0.15) is 23.8 Å². The molecule has 2 aromatic rings. The number of nitrogens with zero attached hydrogens (tertiary/aromatic N) is 1. The number of fused-ring (bicyclic) bond motifs is 1. The fraction of sp³-hybridized carbons (Fsp3) is 0.412. The molecule has 2 heterocycles. The van der Waals surface area contributed by atoms with Crippen molar-refractivity contribution < 1.29 is 4.42 Å². The van der Waals surface area contributed by atoms with Gasteiger partial charge in [0.05, 0.1) is 12.8 Å². The molecule has 0 saturated carbocycles. The molecule has 0 aliphatic carbocycles. The van der Waals surface area contributed by atoms with Gasteiger partial charge < -0.3 is 14.6 Å². The third-order valence-corrected chi connectivity index (χ3v) is 3.97. The van der Waals surface area contributed by atoms with Gasteiger partial charge in [0.25, 0.3) is 0 Å². The van der Waals surface area contributed by atoms with Crippen LogP contribution in [0.3, 0.4) is 0 Å². The summed E-state index contributed by atoms with van der Waals surface area (Å²) in [6, 6.07) is 10.8. The molecule has 1 aliphatic heterocycles. The highest BCUT2D eigenvalue weighted by atomic mass is 16.3. The summed E-state index contributed by atoms with van der Waals surface area (Å²) in [7, 11) is 1.95. The molecule has 0 saturated heterocycles. The zero-order valence-corrected chi connectivity index (χ0v) is 12.2. The maximum atomic E-state index is 5.57. The lowest BCUT2D eigenvalue weighted by Crippen LogP contribution is -2.34. The number of nitrogens with one attached hydrogen (secondary N) is 1. The van der Waals surface area contributed by atoms with Gasteiger partial charge in [-0.15, -0.1) is 0 Å². The van der Waals surface area contributed by atoms with Crippen molar-refractivity contribution in [2.24, 2.45) is 5.92 Å². The topological polar surface area (TPSA) is 28.4 Å². The van der Waals surface area contributed by atoms with Crippen molar-refractivity contribution in [3.63, 3.8) is 0 Å². The van der Waals surface area contributed by atoms with Crippen LogP contribution in [0, 0.1) is 5.92 Å². The predicted molar refractivity (Wildman–Crippen MR) is 81.8 cm³/mol. The molecule has 20 heavy (non-hydrogen) atoms. The van der Waals surface area contributed by atoms with Gasteiger partial charge in [-0.3, -0.25) is 0 Å². The lowest BCUT2D eigenvalue weighted by Gasteiger charge is -2.34. The molecule has 0 amide bonds. The van der Waals surface area contributed by atoms with E-state index in [1.807, 2.05) is 7.05 Å². The molecule has 0 spiro atoms. The second kappa shape index (κ2) is 5.71. The Kier molecular flexibility index (Phi) is 3.79. The summed E-state index contributed by atoms with van der Waals surface area (Å²) in [5.74, 6) is 1.74. The van der Waals surface area contributed by atoms with E-state index in [1.165, 1.54) is 23.2 Å². The van der Waals surface area contributed by atoms with E-state index >= 15 is 0 Å². The number of para-hydroxylation sites is 1. The van der Waals surface area contributed by atoms with Crippen LogP contribution in [0.4, 0.5) is 5.69 Å². The zero-order valence-electron chi connectivity index (χ0n) is 12.2. The van der Waals surface area contributed by atoms with Gasteiger partial charge in [-0.25, -0.2) is 0 Å². The first-order chi connectivity index (χ1) is 9.78. The van der Waals surface area contributed by atoms with Crippen molar-refractivity contribution in [1.29, 1.82) is 0 Å². The average Bonchev–Trinajstić information content (AvgIpc) is 2.86. The summed E-state index contributed by atoms with van der Waals surface area (Å²) < 4.78 is 5.57. The Bertz CT molecular complexity index is 576. The minimum absolute atomic E-state index is 0.699. The Balaban J connectivity index is 1.85. The van der Waals surface area contributed by atoms with E-state index < -0.39 is 0 Å². The third kappa shape index (κ3) is 2.59. The number of rotatable bonds is 4. The Morgan fingerprint density at radius 2 is 2.15 bits per heavy atom. The molecule has 0 bridgehead atoms. The van der Waals surface area contributed by atoms with Crippen LogP contribution in [-0.4, -0.2) is 13.6 Å². The van der Waals surface area contributed by atoms with Gasteiger partial charge in [0.2, 0.25) is 0 Å². The maximum Gasteiger partial charge on any atom is 0.122 e. The quantitative estimate of drug-likeness (QED) is 0.925. The van der Waals surface area contributed by atoms with Gasteiger partial charge in [0.15, 0.2) is 0 Å². The van der Waals surface area contributed by atoms with Crippen LogP contribution < -0.4 is 10.2 Å². The highest BCUT2D eigenvalue weighted by Gasteiger charge is 2.22. The third-order valence-electron chi connectivity index (χ3n) is 3.97. The lowest BCUT2D eigenvalue weighted by molar-refractivity contribution is 0.485. The molecule has 1 aliphatic rings. The summed E-state index contributed by atoms with van der Waals surface area (Å²) in [6.45, 7) is 5.15. The fourth-order valence-corrected chi connectivity index (χ4v) is 3.09. The van der Waals surface area contributed by atoms with Crippen molar-refractivity contribution in [3.05, 3.63) is 53.5 Å². The van der Waals surface area contributed by atoms with E-state index in [-0.39, 0.29) is 0 Å². The normalized spacial score (nSPS) is 18.1. The molecule has 1 aromatic heterocycles. The minimum Gasteiger partial charge on any atom is -0.468 e. The largest absolute Gasteiger partial charge is 0.468 e. The van der Waals surface area contributed by atoms with E-state index in [4.69, 9.17) is 4.42 Å². The van der Waals surface area contributed by atoms with Crippen LogP contribution >= 0.6 is 0 Å². The summed E-state index contributed by atoms with van der Waals surface area (Å²) in [5.41, 5.74) is 4.12. The molecule has 1 aromatic carbocycles. The van der Waals surface area contributed by atoms with Crippen molar-refractivity contribution in [2.45, 2.75) is 26.4 Å². The predicted octanol–water partition coefficient (Wildman–Crippen LogP) is 3.20. The Morgan fingerprint density at radius 3 is 3.00 bits per heavy atom. The van der Waals surface area contributed by atoms with Gasteiger partial charge >= 0.3 is 0 Å². The standard InChI is InChI=1S/C17H22N2O/c1-13-9-14-5-3-4-6-16(14)19(11-13)12-15-7-8-20-17(15)10-18-2/h3-8,13,18H,9-12H2,1-2H3. The smallest absolute Gasteiger partial charge is 0.122 e. The van der Waals surface area contributed by atoms with Gasteiger partial charge in [-0.1, -0.05) is 25.1 Å². The van der Waals surface area contributed by atoms with Crippen molar-refractivity contribution in [2.75, 3.05) is 18.5 Å². The fourth-order valence-electron chi connectivity index (χ4n) is 3.09. The molecule has 106 valence electrons. The number of benzene rings is 1. The molecule has 0 radical (unpaired) electrons. The van der Waals surface area contributed by atoms with E-state index in [2.05, 4.69) is 47.5 Å². The summed E-state index contributed by atoms with van der Waals surface area (Å²) in [4.78, 5) is 2.48. The Labute approximate surface area is 120 Å². The summed E-state index contributed by atoms with van der Waals surface area (Å²) >= 11 is 0. The molecular weight excluding hydrogens is 248 g/mol. The number of hydrogen-bond acceptors (Lipinski definition) is 3. The first-order valence-corrected chi connectivity index (χ1v) is 7.30. The van der Waals surface area contributed by atoms with Crippen LogP contribution in [0.2, 0.25) is 0 Å². The highest BCUT2D eigenvalue weighted by molar-refractivity contribution is 5.56. The number of furan rings is 1. The van der Waals surface area contributed by atoms with E-state index in [0.29, 0.717) is 5.92 Å². The first-order valence-electron chi connectivity index (χ1n) is 7.30. The average molecular weight is 270 g/mol. The van der Waals surface area contributed by atoms with Gasteiger partial charge in [0, 0.05) is 24.3 Å². The first kappa shape index (κ1) is 13.3. The lowest BCUT2D eigenvalue weighted by atomic mass is 9.93. The van der Waals surface area contributed by atoms with Crippen LogP contribution in [-0.2, 0) is 19.5 Å². The van der Waals surface area contributed by atoms with E-state index in [9.17, 15) is 0 Å². The molecule has 3 heteroatoms. The number of anilines is 1. The minimum atomic E-state index is 0.699. The van der Waals surface area contributed by atoms with E-state index in [1.54, 1.807) is 6.26 Å². The zero-order chi connectivity index (χ0) is 13.9. The van der Waals surface area contributed by atoms with Crippen LogP contribution in [0.25, 0.3) is 0 Å². The molecule has 0 fully saturated rings. The molecule has 3 nitrogen and oxygen atoms in total. The molecular formula is C17H22N2O. The SMILES string of the molecule is CNCc1occc1CN1CC(C)Cc2ccccc21. The molecule has 1 atom stereocenters. The summed E-state index contributed by atoms with van der Waals surface area (Å²) in [6.07, 6.45) is 2.97. The van der Waals surface area contributed by atoms with E-state index in [0.717, 1.165) is 25.4 Å². The van der Waals surface area contributed by atoms with Crippen molar-refractivity contribution in [1.82, 2.24) is 5.32 Å². The van der Waals surface area contributed by atoms with Gasteiger partial charge in [-0.05, 0) is 37.1 Å². The Morgan fingerprint density at radius 1 is 1.30 bits per heavy atom. The Hall–Kier alpha value is -1.74. The van der Waals surface area contributed by atoms with Crippen LogP contribution in [0.15, 0.2) is 41.0 Å². The van der Waals surface area contributed by atoms with Gasteiger partial charge in [0.1, 0.15) is 5.76 Å². The molecule has 3 rings (SSSR count).